The van der Waals surface area contributed by atoms with Crippen LogP contribution in [0.15, 0.2) is 24.5 Å². The van der Waals surface area contributed by atoms with Crippen molar-refractivity contribution in [3.05, 3.63) is 24.5 Å². The molecule has 5 heteroatoms. The first-order valence-electron chi connectivity index (χ1n) is 7.85. The van der Waals surface area contributed by atoms with Crippen LogP contribution in [0.25, 0.3) is 0 Å². The SMILES string of the molecule is O=C(CN1CC[C@@H](Oc2cccnc2)C1)NCC1CCC1. The number of amides is 1. The predicted octanol–water partition coefficient (Wildman–Crippen LogP) is 1.45. The number of carbonyl (C=O) groups is 1. The van der Waals surface area contributed by atoms with Gasteiger partial charge < -0.3 is 10.1 Å². The third-order valence-electron chi connectivity index (χ3n) is 4.35. The highest BCUT2D eigenvalue weighted by Crippen LogP contribution is 2.25. The Bertz CT molecular complexity index is 462. The van der Waals surface area contributed by atoms with E-state index in [9.17, 15) is 4.79 Å². The lowest BCUT2D eigenvalue weighted by Gasteiger charge is -2.25. The Morgan fingerprint density at radius 1 is 1.43 bits per heavy atom. The van der Waals surface area contributed by atoms with Gasteiger partial charge in [-0.15, -0.1) is 0 Å². The number of ether oxygens (including phenoxy) is 1. The Kier molecular flexibility index (Phi) is 4.70. The van der Waals surface area contributed by atoms with Crippen LogP contribution in [0.5, 0.6) is 5.75 Å². The number of nitrogens with one attached hydrogen (secondary N) is 1. The fourth-order valence-corrected chi connectivity index (χ4v) is 2.86. The van der Waals surface area contributed by atoms with Crippen molar-refractivity contribution in [2.24, 2.45) is 5.92 Å². The van der Waals surface area contributed by atoms with Crippen LogP contribution in [-0.2, 0) is 4.79 Å². The molecule has 1 aromatic rings. The van der Waals surface area contributed by atoms with E-state index < -0.39 is 0 Å². The molecule has 2 heterocycles. The van der Waals surface area contributed by atoms with E-state index >= 15 is 0 Å². The first-order valence-corrected chi connectivity index (χ1v) is 7.85. The molecule has 1 saturated heterocycles. The molecule has 3 rings (SSSR count). The number of pyridine rings is 1. The second-order valence-corrected chi connectivity index (χ2v) is 6.05. The number of hydrogen-bond donors (Lipinski definition) is 1. The van der Waals surface area contributed by atoms with Crippen LogP contribution in [0.1, 0.15) is 25.7 Å². The first kappa shape index (κ1) is 14.3. The van der Waals surface area contributed by atoms with Gasteiger partial charge in [0.25, 0.3) is 0 Å². The zero-order chi connectivity index (χ0) is 14.5. The normalized spacial score (nSPS) is 22.8. The van der Waals surface area contributed by atoms with Gasteiger partial charge in [0.2, 0.25) is 5.91 Å². The van der Waals surface area contributed by atoms with E-state index in [1.165, 1.54) is 19.3 Å². The van der Waals surface area contributed by atoms with Crippen LogP contribution in [0.2, 0.25) is 0 Å². The Labute approximate surface area is 125 Å². The minimum Gasteiger partial charge on any atom is -0.487 e. The van der Waals surface area contributed by atoms with Crippen molar-refractivity contribution >= 4 is 5.91 Å². The third kappa shape index (κ3) is 4.17. The average Bonchev–Trinajstić information content (AvgIpc) is 2.85. The van der Waals surface area contributed by atoms with E-state index in [4.69, 9.17) is 4.74 Å². The summed E-state index contributed by atoms with van der Waals surface area (Å²) in [5.41, 5.74) is 0. The number of likely N-dealkylation sites (tertiary alicyclic amines) is 1. The first-order chi connectivity index (χ1) is 10.3. The molecule has 0 radical (unpaired) electrons. The second-order valence-electron chi connectivity index (χ2n) is 6.05. The van der Waals surface area contributed by atoms with Gasteiger partial charge >= 0.3 is 0 Å². The highest BCUT2D eigenvalue weighted by Gasteiger charge is 2.26. The molecule has 21 heavy (non-hydrogen) atoms. The van der Waals surface area contributed by atoms with Gasteiger partial charge in [-0.3, -0.25) is 14.7 Å². The molecule has 0 unspecified atom stereocenters. The quantitative estimate of drug-likeness (QED) is 0.861. The van der Waals surface area contributed by atoms with Crippen molar-refractivity contribution in [2.75, 3.05) is 26.2 Å². The molecule has 2 aliphatic rings. The van der Waals surface area contributed by atoms with Crippen LogP contribution < -0.4 is 10.1 Å². The summed E-state index contributed by atoms with van der Waals surface area (Å²) in [6.45, 7) is 3.06. The van der Waals surface area contributed by atoms with Crippen molar-refractivity contribution in [3.63, 3.8) is 0 Å². The van der Waals surface area contributed by atoms with Gasteiger partial charge in [0, 0.05) is 25.8 Å². The molecule has 1 amide bonds. The molecule has 1 aliphatic carbocycles. The molecule has 0 spiro atoms. The Hall–Kier alpha value is -1.62. The van der Waals surface area contributed by atoms with E-state index in [1.54, 1.807) is 12.4 Å². The highest BCUT2D eigenvalue weighted by atomic mass is 16.5. The maximum absolute atomic E-state index is 11.9. The number of aromatic nitrogens is 1. The van der Waals surface area contributed by atoms with E-state index in [0.29, 0.717) is 12.5 Å². The molecule has 1 N–H and O–H groups in total. The number of nitrogens with zero attached hydrogens (tertiary/aromatic N) is 2. The molecule has 0 aromatic carbocycles. The van der Waals surface area contributed by atoms with Gasteiger partial charge in [-0.25, -0.2) is 0 Å². The fraction of sp³-hybridized carbons (Fsp3) is 0.625. The molecular formula is C16H23N3O2. The molecule has 0 bridgehead atoms. The van der Waals surface area contributed by atoms with Crippen LogP contribution in [0.4, 0.5) is 0 Å². The summed E-state index contributed by atoms with van der Waals surface area (Å²) < 4.78 is 5.88. The predicted molar refractivity (Wildman–Crippen MR) is 80.1 cm³/mol. The van der Waals surface area contributed by atoms with E-state index in [0.717, 1.165) is 31.8 Å². The third-order valence-corrected chi connectivity index (χ3v) is 4.35. The van der Waals surface area contributed by atoms with Crippen LogP contribution in [0, 0.1) is 5.92 Å². The smallest absolute Gasteiger partial charge is 0.234 e. The minimum absolute atomic E-state index is 0.143. The van der Waals surface area contributed by atoms with Crippen molar-refractivity contribution in [3.8, 4) is 5.75 Å². The lowest BCUT2D eigenvalue weighted by Crippen LogP contribution is -2.39. The molecule has 1 aromatic heterocycles. The van der Waals surface area contributed by atoms with E-state index in [2.05, 4.69) is 15.2 Å². The van der Waals surface area contributed by atoms with Crippen molar-refractivity contribution in [1.82, 2.24) is 15.2 Å². The maximum Gasteiger partial charge on any atom is 0.234 e. The van der Waals surface area contributed by atoms with Crippen LogP contribution in [0.3, 0.4) is 0 Å². The molecule has 2 fully saturated rings. The summed E-state index contributed by atoms with van der Waals surface area (Å²) in [6, 6.07) is 3.79. The summed E-state index contributed by atoms with van der Waals surface area (Å²) in [4.78, 5) is 18.1. The van der Waals surface area contributed by atoms with Gasteiger partial charge in [-0.2, -0.15) is 0 Å². The largest absolute Gasteiger partial charge is 0.487 e. The molecular weight excluding hydrogens is 266 g/mol. The monoisotopic (exact) mass is 289 g/mol. The fourth-order valence-electron chi connectivity index (χ4n) is 2.86. The lowest BCUT2D eigenvalue weighted by atomic mass is 9.85. The number of hydrogen-bond acceptors (Lipinski definition) is 4. The van der Waals surface area contributed by atoms with Gasteiger partial charge in [0.1, 0.15) is 11.9 Å². The Balaban J connectivity index is 1.36. The standard InChI is InChI=1S/C16H23N3O2/c20-16(18-9-13-3-1-4-13)12-19-8-6-15(11-19)21-14-5-2-7-17-10-14/h2,5,7,10,13,15H,1,3-4,6,8-9,11-12H2,(H,18,20)/t15-/m1/s1. The topological polar surface area (TPSA) is 54.5 Å². The molecule has 1 atom stereocenters. The van der Waals surface area contributed by atoms with Crippen molar-refractivity contribution in [2.45, 2.75) is 31.8 Å². The van der Waals surface area contributed by atoms with Gasteiger partial charge in [-0.1, -0.05) is 6.42 Å². The Morgan fingerprint density at radius 3 is 3.05 bits per heavy atom. The summed E-state index contributed by atoms with van der Waals surface area (Å²) in [5.74, 6) is 1.66. The average molecular weight is 289 g/mol. The maximum atomic E-state index is 11.9. The van der Waals surface area contributed by atoms with Gasteiger partial charge in [0.05, 0.1) is 12.7 Å². The lowest BCUT2D eigenvalue weighted by molar-refractivity contribution is -0.122. The summed E-state index contributed by atoms with van der Waals surface area (Å²) in [6.07, 6.45) is 8.45. The van der Waals surface area contributed by atoms with Crippen LogP contribution in [-0.4, -0.2) is 48.1 Å². The summed E-state index contributed by atoms with van der Waals surface area (Å²) >= 11 is 0. The van der Waals surface area contributed by atoms with Gasteiger partial charge in [0.15, 0.2) is 0 Å². The van der Waals surface area contributed by atoms with Crippen molar-refractivity contribution in [1.29, 1.82) is 0 Å². The summed E-state index contributed by atoms with van der Waals surface area (Å²) in [7, 11) is 0. The minimum atomic E-state index is 0.143. The van der Waals surface area contributed by atoms with Crippen molar-refractivity contribution < 1.29 is 9.53 Å². The summed E-state index contributed by atoms with van der Waals surface area (Å²) in [5, 5.41) is 3.04. The zero-order valence-corrected chi connectivity index (χ0v) is 12.3. The second kappa shape index (κ2) is 6.89. The molecule has 114 valence electrons. The molecule has 1 saturated carbocycles. The van der Waals surface area contributed by atoms with E-state index in [1.807, 2.05) is 12.1 Å². The van der Waals surface area contributed by atoms with Crippen LogP contribution >= 0.6 is 0 Å². The zero-order valence-electron chi connectivity index (χ0n) is 12.3. The Morgan fingerprint density at radius 2 is 2.33 bits per heavy atom. The van der Waals surface area contributed by atoms with E-state index in [-0.39, 0.29) is 12.0 Å². The van der Waals surface area contributed by atoms with Gasteiger partial charge in [-0.05, 0) is 37.3 Å². The molecule has 1 aliphatic heterocycles. The number of rotatable bonds is 6. The highest BCUT2D eigenvalue weighted by molar-refractivity contribution is 5.78. The number of carbonyl (C=O) groups excluding carboxylic acids is 1. The molecule has 5 nitrogen and oxygen atoms in total.